The summed E-state index contributed by atoms with van der Waals surface area (Å²) in [5, 5.41) is 19.9. The van der Waals surface area contributed by atoms with Crippen molar-refractivity contribution in [3.05, 3.63) is 95.6 Å². The third-order valence-electron chi connectivity index (χ3n) is 6.69. The van der Waals surface area contributed by atoms with Crippen LogP contribution in [0.2, 0.25) is 0 Å². The molecular weight excluding hydrogens is 580 g/mol. The number of aliphatic hydroxyl groups excluding tert-OH is 1. The first kappa shape index (κ1) is 34.3. The number of nitrogens with zero attached hydrogens (tertiary/aromatic N) is 1. The average molecular weight is 623 g/mol. The predicted molar refractivity (Wildman–Crippen MR) is 172 cm³/mol. The van der Waals surface area contributed by atoms with Gasteiger partial charge in [0.2, 0.25) is 5.91 Å². The second kappa shape index (κ2) is 17.8. The maximum atomic E-state index is 13.7. The standard InChI is InChI=1S/C33H42N4O6S/c1-23(2)44-22-37(21-30(38)34-20-26-11-8-12-28(17-26)43-4)32(40)31(39)29(18-24-9-6-5-7-10-24)36-33(41)35-19-25-13-15-27(42-3)16-14-25/h5-17,23,29,31,39H,18-22H2,1-4H3,(H,34,38)(H2,35,36,41)/t29-,31-/m0/s1. The molecule has 4 amide bonds. The molecule has 0 saturated carbocycles. The Labute approximate surface area is 263 Å². The lowest BCUT2D eigenvalue weighted by molar-refractivity contribution is -0.143. The van der Waals surface area contributed by atoms with Crippen LogP contribution in [0.15, 0.2) is 78.9 Å². The van der Waals surface area contributed by atoms with E-state index in [9.17, 15) is 19.5 Å². The number of thioether (sulfide) groups is 1. The van der Waals surface area contributed by atoms with Gasteiger partial charge < -0.3 is 35.4 Å². The molecule has 3 rings (SSSR count). The van der Waals surface area contributed by atoms with E-state index in [4.69, 9.17) is 9.47 Å². The molecule has 2 atom stereocenters. The van der Waals surface area contributed by atoms with Gasteiger partial charge in [0.1, 0.15) is 18.0 Å². The molecule has 3 aromatic carbocycles. The van der Waals surface area contributed by atoms with Crippen molar-refractivity contribution >= 4 is 29.6 Å². The minimum absolute atomic E-state index is 0.185. The van der Waals surface area contributed by atoms with Crippen LogP contribution < -0.4 is 25.4 Å². The van der Waals surface area contributed by atoms with Crippen LogP contribution in [0.3, 0.4) is 0 Å². The van der Waals surface area contributed by atoms with E-state index in [-0.39, 0.29) is 43.1 Å². The first-order valence-corrected chi connectivity index (χ1v) is 15.4. The first-order chi connectivity index (χ1) is 21.2. The number of aliphatic hydroxyl groups is 1. The molecule has 0 radical (unpaired) electrons. The monoisotopic (exact) mass is 622 g/mol. The van der Waals surface area contributed by atoms with Crippen LogP contribution >= 0.6 is 11.8 Å². The van der Waals surface area contributed by atoms with Crippen molar-refractivity contribution in [1.82, 2.24) is 20.9 Å². The molecule has 0 saturated heterocycles. The molecule has 0 aliphatic heterocycles. The summed E-state index contributed by atoms with van der Waals surface area (Å²) in [7, 11) is 3.15. The van der Waals surface area contributed by atoms with Gasteiger partial charge in [0, 0.05) is 18.3 Å². The lowest BCUT2D eigenvalue weighted by Crippen LogP contribution is -2.55. The van der Waals surface area contributed by atoms with Crippen LogP contribution in [0, 0.1) is 0 Å². The fraction of sp³-hybridized carbons (Fsp3) is 0.364. The Morgan fingerprint density at radius 3 is 2.14 bits per heavy atom. The number of nitrogens with one attached hydrogen (secondary N) is 3. The fourth-order valence-electron chi connectivity index (χ4n) is 4.25. The molecule has 0 unspecified atom stereocenters. The first-order valence-electron chi connectivity index (χ1n) is 14.4. The normalized spacial score (nSPS) is 12.1. The molecule has 4 N–H and O–H groups in total. The van der Waals surface area contributed by atoms with Crippen LogP contribution in [0.25, 0.3) is 0 Å². The number of hydrogen-bond donors (Lipinski definition) is 4. The van der Waals surface area contributed by atoms with Crippen molar-refractivity contribution in [3.8, 4) is 11.5 Å². The molecule has 236 valence electrons. The second-order valence-corrected chi connectivity index (χ2v) is 12.0. The highest BCUT2D eigenvalue weighted by Crippen LogP contribution is 2.16. The summed E-state index contributed by atoms with van der Waals surface area (Å²) in [5.74, 6) is 0.558. The second-order valence-electron chi connectivity index (χ2n) is 10.4. The van der Waals surface area contributed by atoms with Crippen molar-refractivity contribution in [2.24, 2.45) is 0 Å². The molecule has 0 bridgehead atoms. The smallest absolute Gasteiger partial charge is 0.315 e. The molecular formula is C33H42N4O6S. The molecule has 0 fully saturated rings. The summed E-state index contributed by atoms with van der Waals surface area (Å²) in [5.41, 5.74) is 2.54. The molecule has 0 spiro atoms. The zero-order valence-corrected chi connectivity index (χ0v) is 26.4. The number of urea groups is 1. The van der Waals surface area contributed by atoms with Gasteiger partial charge in [0.05, 0.1) is 26.1 Å². The van der Waals surface area contributed by atoms with Crippen molar-refractivity contribution in [1.29, 1.82) is 0 Å². The fourth-order valence-corrected chi connectivity index (χ4v) is 4.95. The van der Waals surface area contributed by atoms with E-state index < -0.39 is 24.1 Å². The Hall–Kier alpha value is -4.22. The summed E-state index contributed by atoms with van der Waals surface area (Å²) in [6.45, 7) is 4.22. The molecule has 0 heterocycles. The van der Waals surface area contributed by atoms with Gasteiger partial charge in [-0.25, -0.2) is 4.79 Å². The number of hydrogen-bond acceptors (Lipinski definition) is 7. The van der Waals surface area contributed by atoms with E-state index in [0.29, 0.717) is 11.5 Å². The van der Waals surface area contributed by atoms with Crippen LogP contribution in [0.1, 0.15) is 30.5 Å². The van der Waals surface area contributed by atoms with E-state index >= 15 is 0 Å². The van der Waals surface area contributed by atoms with E-state index in [1.54, 1.807) is 26.4 Å². The lowest BCUT2D eigenvalue weighted by Gasteiger charge is -2.29. The molecule has 3 aromatic rings. The zero-order valence-electron chi connectivity index (χ0n) is 25.6. The summed E-state index contributed by atoms with van der Waals surface area (Å²) >= 11 is 1.47. The van der Waals surface area contributed by atoms with Crippen molar-refractivity contribution in [3.63, 3.8) is 0 Å². The minimum Gasteiger partial charge on any atom is -0.497 e. The highest BCUT2D eigenvalue weighted by Gasteiger charge is 2.32. The summed E-state index contributed by atoms with van der Waals surface area (Å²) in [6, 6.07) is 22.4. The molecule has 11 heteroatoms. The van der Waals surface area contributed by atoms with Gasteiger partial charge in [-0.15, -0.1) is 11.8 Å². The number of methoxy groups -OCH3 is 2. The van der Waals surface area contributed by atoms with Crippen LogP contribution in [-0.2, 0) is 29.1 Å². The molecule has 0 aliphatic carbocycles. The summed E-state index contributed by atoms with van der Waals surface area (Å²) in [6.07, 6.45) is -1.39. The van der Waals surface area contributed by atoms with Gasteiger partial charge >= 0.3 is 6.03 Å². The largest absolute Gasteiger partial charge is 0.497 e. The number of ether oxygens (including phenoxy) is 2. The topological polar surface area (TPSA) is 129 Å². The van der Waals surface area contributed by atoms with Gasteiger partial charge in [0.25, 0.3) is 5.91 Å². The number of carbonyl (C=O) groups excluding carboxylic acids is 3. The van der Waals surface area contributed by atoms with Crippen molar-refractivity contribution < 1.29 is 29.0 Å². The Kier molecular flexibility index (Phi) is 13.9. The van der Waals surface area contributed by atoms with E-state index in [2.05, 4.69) is 16.0 Å². The SMILES string of the molecule is COc1ccc(CNC(=O)N[C@@H](Cc2ccccc2)[C@H](O)C(=O)N(CSC(C)C)CC(=O)NCc2cccc(OC)c2)cc1. The highest BCUT2D eigenvalue weighted by atomic mass is 32.2. The van der Waals surface area contributed by atoms with Crippen LogP contribution in [-0.4, -0.2) is 71.9 Å². The van der Waals surface area contributed by atoms with Gasteiger partial charge in [0.15, 0.2) is 6.10 Å². The molecule has 0 aromatic heterocycles. The van der Waals surface area contributed by atoms with Gasteiger partial charge in [-0.05, 0) is 47.4 Å². The predicted octanol–water partition coefficient (Wildman–Crippen LogP) is 3.72. The quantitative estimate of drug-likeness (QED) is 0.179. The molecule has 44 heavy (non-hydrogen) atoms. The third kappa shape index (κ3) is 11.5. The number of benzene rings is 3. The van der Waals surface area contributed by atoms with Crippen molar-refractivity contribution in [2.75, 3.05) is 26.6 Å². The number of amides is 4. The van der Waals surface area contributed by atoms with Gasteiger partial charge in [-0.3, -0.25) is 9.59 Å². The molecule has 10 nitrogen and oxygen atoms in total. The van der Waals surface area contributed by atoms with E-state index in [0.717, 1.165) is 16.7 Å². The summed E-state index contributed by atoms with van der Waals surface area (Å²) < 4.78 is 10.4. The van der Waals surface area contributed by atoms with Gasteiger partial charge in [-0.2, -0.15) is 0 Å². The van der Waals surface area contributed by atoms with E-state index in [1.165, 1.54) is 16.7 Å². The van der Waals surface area contributed by atoms with Crippen LogP contribution in [0.4, 0.5) is 4.79 Å². The molecule has 0 aliphatic rings. The Balaban J connectivity index is 1.70. The third-order valence-corrected chi connectivity index (χ3v) is 7.82. The highest BCUT2D eigenvalue weighted by molar-refractivity contribution is 7.99. The number of carbonyl (C=O) groups is 3. The maximum Gasteiger partial charge on any atom is 0.315 e. The van der Waals surface area contributed by atoms with Crippen molar-refractivity contribution in [2.45, 2.75) is 50.8 Å². The zero-order chi connectivity index (χ0) is 31.9. The van der Waals surface area contributed by atoms with Gasteiger partial charge in [-0.1, -0.05) is 68.4 Å². The Morgan fingerprint density at radius 2 is 1.48 bits per heavy atom. The lowest BCUT2D eigenvalue weighted by atomic mass is 10.0. The average Bonchev–Trinajstić information content (AvgIpc) is 3.04. The Morgan fingerprint density at radius 1 is 0.818 bits per heavy atom. The maximum absolute atomic E-state index is 13.7. The minimum atomic E-state index is -1.60. The number of rotatable bonds is 16. The van der Waals surface area contributed by atoms with Crippen LogP contribution in [0.5, 0.6) is 11.5 Å². The summed E-state index contributed by atoms with van der Waals surface area (Å²) in [4.78, 5) is 40.9. The Bertz CT molecular complexity index is 1340. The van der Waals surface area contributed by atoms with E-state index in [1.807, 2.05) is 80.6 Å².